The molecule has 1 unspecified atom stereocenters. The van der Waals surface area contributed by atoms with Crippen LogP contribution < -0.4 is 10.6 Å². The van der Waals surface area contributed by atoms with Gasteiger partial charge in [0, 0.05) is 23.7 Å². The van der Waals surface area contributed by atoms with Crippen molar-refractivity contribution in [3.05, 3.63) is 24.3 Å². The van der Waals surface area contributed by atoms with E-state index in [4.69, 9.17) is 0 Å². The number of rotatable bonds is 5. The highest BCUT2D eigenvalue weighted by molar-refractivity contribution is 7.99. The normalized spacial score (nSPS) is 18.4. The van der Waals surface area contributed by atoms with Gasteiger partial charge in [-0.15, -0.1) is 0 Å². The molecule has 1 aromatic heterocycles. The average Bonchev–Trinajstić information content (AvgIpc) is 2.98. The topological polar surface area (TPSA) is 49.8 Å². The summed E-state index contributed by atoms with van der Waals surface area (Å²) in [5.41, 5.74) is 0.995. The van der Waals surface area contributed by atoms with Gasteiger partial charge in [-0.2, -0.15) is 16.7 Å². The lowest BCUT2D eigenvalue weighted by Crippen LogP contribution is -2.20. The molecule has 0 radical (unpaired) electrons. The number of aromatic nitrogens is 2. The van der Waals surface area contributed by atoms with Gasteiger partial charge in [0.1, 0.15) is 5.82 Å². The first kappa shape index (κ1) is 13.5. The van der Waals surface area contributed by atoms with Crippen LogP contribution in [0.15, 0.2) is 24.3 Å². The molecule has 0 bridgehead atoms. The van der Waals surface area contributed by atoms with Gasteiger partial charge in [-0.05, 0) is 30.7 Å². The number of para-hydroxylation sites is 1. The lowest BCUT2D eigenvalue weighted by atomic mass is 10.2. The summed E-state index contributed by atoms with van der Waals surface area (Å²) in [4.78, 5) is 9.24. The molecular formula is C15H20N4S. The van der Waals surface area contributed by atoms with E-state index in [2.05, 4.69) is 33.6 Å². The average molecular weight is 288 g/mol. The predicted octanol–water partition coefficient (Wildman–Crippen LogP) is 3.37. The van der Waals surface area contributed by atoms with E-state index in [1.807, 2.05) is 30.0 Å². The SMILES string of the molecule is CCCNc1nc(NC2CCSC2)c2ccccc2n1. The van der Waals surface area contributed by atoms with Crippen LogP contribution in [0.1, 0.15) is 19.8 Å². The van der Waals surface area contributed by atoms with E-state index >= 15 is 0 Å². The number of anilines is 2. The van der Waals surface area contributed by atoms with E-state index < -0.39 is 0 Å². The summed E-state index contributed by atoms with van der Waals surface area (Å²) in [5.74, 6) is 4.08. The minimum absolute atomic E-state index is 0.525. The molecule has 1 aromatic carbocycles. The van der Waals surface area contributed by atoms with Gasteiger partial charge < -0.3 is 10.6 Å². The van der Waals surface area contributed by atoms with Crippen molar-refractivity contribution in [2.45, 2.75) is 25.8 Å². The summed E-state index contributed by atoms with van der Waals surface area (Å²) < 4.78 is 0. The molecule has 1 saturated heterocycles. The van der Waals surface area contributed by atoms with Gasteiger partial charge in [-0.1, -0.05) is 19.1 Å². The number of fused-ring (bicyclic) bond motifs is 1. The Kier molecular flexibility index (Phi) is 4.25. The first-order valence-electron chi connectivity index (χ1n) is 7.21. The first-order valence-corrected chi connectivity index (χ1v) is 8.37. The highest BCUT2D eigenvalue weighted by Gasteiger charge is 2.17. The number of benzene rings is 1. The fraction of sp³-hybridized carbons (Fsp3) is 0.467. The van der Waals surface area contributed by atoms with E-state index in [1.165, 1.54) is 12.2 Å². The van der Waals surface area contributed by atoms with Crippen LogP contribution in [-0.2, 0) is 0 Å². The Labute approximate surface area is 123 Å². The summed E-state index contributed by atoms with van der Waals surface area (Å²) in [6.07, 6.45) is 2.28. The van der Waals surface area contributed by atoms with Crippen LogP contribution in [0, 0.1) is 0 Å². The van der Waals surface area contributed by atoms with Crippen molar-refractivity contribution < 1.29 is 0 Å². The second-order valence-corrected chi connectivity index (χ2v) is 6.19. The zero-order chi connectivity index (χ0) is 13.8. The summed E-state index contributed by atoms with van der Waals surface area (Å²) in [7, 11) is 0. The third kappa shape index (κ3) is 2.98. The van der Waals surface area contributed by atoms with Crippen molar-refractivity contribution in [2.24, 2.45) is 0 Å². The van der Waals surface area contributed by atoms with Crippen LogP contribution in [0.5, 0.6) is 0 Å². The summed E-state index contributed by atoms with van der Waals surface area (Å²) in [6, 6.07) is 8.72. The Morgan fingerprint density at radius 3 is 3.00 bits per heavy atom. The summed E-state index contributed by atoms with van der Waals surface area (Å²) >= 11 is 2.00. The van der Waals surface area contributed by atoms with E-state index in [-0.39, 0.29) is 0 Å². The van der Waals surface area contributed by atoms with Gasteiger partial charge >= 0.3 is 0 Å². The molecule has 1 aliphatic rings. The minimum atomic E-state index is 0.525. The number of thioether (sulfide) groups is 1. The van der Waals surface area contributed by atoms with Gasteiger partial charge in [0.2, 0.25) is 5.95 Å². The number of nitrogens with zero attached hydrogens (tertiary/aromatic N) is 2. The van der Waals surface area contributed by atoms with E-state index in [0.29, 0.717) is 6.04 Å². The van der Waals surface area contributed by atoms with Crippen LogP contribution in [0.3, 0.4) is 0 Å². The van der Waals surface area contributed by atoms with Gasteiger partial charge in [-0.3, -0.25) is 0 Å². The lowest BCUT2D eigenvalue weighted by molar-refractivity contribution is 0.807. The molecule has 4 nitrogen and oxygen atoms in total. The fourth-order valence-electron chi connectivity index (χ4n) is 2.34. The van der Waals surface area contributed by atoms with Gasteiger partial charge in [-0.25, -0.2) is 4.98 Å². The molecular weight excluding hydrogens is 268 g/mol. The molecule has 2 N–H and O–H groups in total. The molecule has 0 spiro atoms. The minimum Gasteiger partial charge on any atom is -0.366 e. The Hall–Kier alpha value is -1.49. The molecule has 5 heteroatoms. The van der Waals surface area contributed by atoms with E-state index in [9.17, 15) is 0 Å². The molecule has 0 aliphatic carbocycles. The number of hydrogen-bond acceptors (Lipinski definition) is 5. The molecule has 2 aromatic rings. The van der Waals surface area contributed by atoms with Crippen LogP contribution >= 0.6 is 11.8 Å². The largest absolute Gasteiger partial charge is 0.366 e. The Morgan fingerprint density at radius 2 is 2.20 bits per heavy atom. The molecule has 2 heterocycles. The summed E-state index contributed by atoms with van der Waals surface area (Å²) in [5, 5.41) is 7.98. The van der Waals surface area contributed by atoms with Gasteiger partial charge in [0.05, 0.1) is 5.52 Å². The third-order valence-electron chi connectivity index (χ3n) is 3.41. The molecule has 0 saturated carbocycles. The molecule has 106 valence electrons. The molecule has 1 atom stereocenters. The first-order chi connectivity index (χ1) is 9.86. The molecule has 3 rings (SSSR count). The second-order valence-electron chi connectivity index (χ2n) is 5.04. The van der Waals surface area contributed by atoms with Crippen molar-refractivity contribution in [3.63, 3.8) is 0 Å². The van der Waals surface area contributed by atoms with Crippen LogP contribution in [0.2, 0.25) is 0 Å². The Bertz CT molecular complexity index is 581. The summed E-state index contributed by atoms with van der Waals surface area (Å²) in [6.45, 7) is 3.04. The maximum atomic E-state index is 4.66. The molecule has 1 fully saturated rings. The van der Waals surface area contributed by atoms with Crippen molar-refractivity contribution in [2.75, 3.05) is 28.7 Å². The third-order valence-corrected chi connectivity index (χ3v) is 4.57. The number of hydrogen-bond donors (Lipinski definition) is 2. The highest BCUT2D eigenvalue weighted by atomic mass is 32.2. The van der Waals surface area contributed by atoms with Crippen molar-refractivity contribution in [1.82, 2.24) is 9.97 Å². The van der Waals surface area contributed by atoms with Crippen LogP contribution in [0.25, 0.3) is 10.9 Å². The zero-order valence-electron chi connectivity index (χ0n) is 11.7. The maximum Gasteiger partial charge on any atom is 0.225 e. The van der Waals surface area contributed by atoms with E-state index in [0.717, 1.165) is 41.4 Å². The second kappa shape index (κ2) is 6.31. The quantitative estimate of drug-likeness (QED) is 0.883. The van der Waals surface area contributed by atoms with Crippen molar-refractivity contribution >= 4 is 34.4 Å². The maximum absolute atomic E-state index is 4.66. The predicted molar refractivity (Wildman–Crippen MR) is 87.7 cm³/mol. The Balaban J connectivity index is 1.93. The molecule has 1 aliphatic heterocycles. The van der Waals surface area contributed by atoms with E-state index in [1.54, 1.807) is 0 Å². The smallest absolute Gasteiger partial charge is 0.225 e. The molecule has 20 heavy (non-hydrogen) atoms. The van der Waals surface area contributed by atoms with Crippen LogP contribution in [0.4, 0.5) is 11.8 Å². The Morgan fingerprint density at radius 1 is 1.30 bits per heavy atom. The lowest BCUT2D eigenvalue weighted by Gasteiger charge is -2.15. The van der Waals surface area contributed by atoms with Crippen molar-refractivity contribution in [1.29, 1.82) is 0 Å². The highest BCUT2D eigenvalue weighted by Crippen LogP contribution is 2.26. The number of nitrogens with one attached hydrogen (secondary N) is 2. The molecule has 0 amide bonds. The monoisotopic (exact) mass is 288 g/mol. The van der Waals surface area contributed by atoms with Crippen molar-refractivity contribution in [3.8, 4) is 0 Å². The standard InChI is InChI=1S/C15H20N4S/c1-2-8-16-15-18-13-6-4-3-5-12(13)14(19-15)17-11-7-9-20-10-11/h3-6,11H,2,7-10H2,1H3,(H2,16,17,18,19). The zero-order valence-corrected chi connectivity index (χ0v) is 12.5. The van der Waals surface area contributed by atoms with Crippen LogP contribution in [-0.4, -0.2) is 34.1 Å². The van der Waals surface area contributed by atoms with Gasteiger partial charge in [0.15, 0.2) is 0 Å². The fourth-order valence-corrected chi connectivity index (χ4v) is 3.50. The van der Waals surface area contributed by atoms with Gasteiger partial charge in [0.25, 0.3) is 0 Å².